The van der Waals surface area contributed by atoms with Gasteiger partial charge in [-0.3, -0.25) is 0 Å². The normalized spacial score (nSPS) is 15.0. The molecule has 0 heterocycles. The summed E-state index contributed by atoms with van der Waals surface area (Å²) in [4.78, 5) is 0. The molecule has 0 spiro atoms. The Labute approximate surface area is 94.6 Å². The molecule has 0 aromatic heterocycles. The van der Waals surface area contributed by atoms with Gasteiger partial charge in [0.15, 0.2) is 0 Å². The van der Waals surface area contributed by atoms with E-state index in [1.165, 1.54) is 6.07 Å². The lowest BCUT2D eigenvalue weighted by Crippen LogP contribution is -2.28. The molecule has 0 saturated carbocycles. The average molecular weight is 231 g/mol. The molecule has 2 atom stereocenters. The summed E-state index contributed by atoms with van der Waals surface area (Å²) in [6, 6.07) is 4.86. The monoisotopic (exact) mass is 230 g/mol. The SMILES string of the molecule is CNC(c1ccc(F)c(Cl)c1)C(C)CN. The van der Waals surface area contributed by atoms with Crippen LogP contribution < -0.4 is 11.1 Å². The number of halogens is 2. The first-order chi connectivity index (χ1) is 7.10. The zero-order chi connectivity index (χ0) is 11.4. The Morgan fingerprint density at radius 3 is 2.67 bits per heavy atom. The molecule has 2 unspecified atom stereocenters. The van der Waals surface area contributed by atoms with E-state index >= 15 is 0 Å². The van der Waals surface area contributed by atoms with Crippen molar-refractivity contribution >= 4 is 11.6 Å². The van der Waals surface area contributed by atoms with E-state index in [1.54, 1.807) is 12.1 Å². The Balaban J connectivity index is 2.97. The van der Waals surface area contributed by atoms with Crippen molar-refractivity contribution in [3.8, 4) is 0 Å². The van der Waals surface area contributed by atoms with E-state index < -0.39 is 5.82 Å². The first-order valence-electron chi connectivity index (χ1n) is 4.92. The lowest BCUT2D eigenvalue weighted by molar-refractivity contribution is 0.419. The molecule has 0 aliphatic carbocycles. The van der Waals surface area contributed by atoms with Gasteiger partial charge in [0.05, 0.1) is 5.02 Å². The van der Waals surface area contributed by atoms with Crippen molar-refractivity contribution in [1.82, 2.24) is 5.32 Å². The van der Waals surface area contributed by atoms with Crippen LogP contribution in [0.5, 0.6) is 0 Å². The van der Waals surface area contributed by atoms with Crippen LogP contribution in [0.15, 0.2) is 18.2 Å². The summed E-state index contributed by atoms with van der Waals surface area (Å²) < 4.78 is 13.0. The highest BCUT2D eigenvalue weighted by molar-refractivity contribution is 6.30. The summed E-state index contributed by atoms with van der Waals surface area (Å²) in [7, 11) is 1.86. The minimum Gasteiger partial charge on any atom is -0.330 e. The molecular formula is C11H16ClFN2. The van der Waals surface area contributed by atoms with E-state index in [2.05, 4.69) is 5.32 Å². The van der Waals surface area contributed by atoms with Gasteiger partial charge < -0.3 is 11.1 Å². The molecule has 1 aromatic rings. The second-order valence-electron chi connectivity index (χ2n) is 3.65. The zero-order valence-electron chi connectivity index (χ0n) is 8.93. The van der Waals surface area contributed by atoms with E-state index in [0.29, 0.717) is 6.54 Å². The number of hydrogen-bond acceptors (Lipinski definition) is 2. The van der Waals surface area contributed by atoms with Gasteiger partial charge in [0.1, 0.15) is 5.82 Å². The fourth-order valence-corrected chi connectivity index (χ4v) is 1.81. The highest BCUT2D eigenvalue weighted by Crippen LogP contribution is 2.25. The van der Waals surface area contributed by atoms with Crippen molar-refractivity contribution in [3.05, 3.63) is 34.6 Å². The molecule has 84 valence electrons. The van der Waals surface area contributed by atoms with Crippen molar-refractivity contribution in [2.75, 3.05) is 13.6 Å². The first kappa shape index (κ1) is 12.4. The Morgan fingerprint density at radius 2 is 2.20 bits per heavy atom. The largest absolute Gasteiger partial charge is 0.330 e. The summed E-state index contributed by atoms with van der Waals surface area (Å²) in [6.45, 7) is 2.61. The third-order valence-electron chi connectivity index (χ3n) is 2.55. The van der Waals surface area contributed by atoms with Gasteiger partial charge in [0, 0.05) is 6.04 Å². The van der Waals surface area contributed by atoms with E-state index in [-0.39, 0.29) is 17.0 Å². The Hall–Kier alpha value is -0.640. The second kappa shape index (κ2) is 5.45. The molecule has 0 amide bonds. The molecule has 0 saturated heterocycles. The van der Waals surface area contributed by atoms with Crippen molar-refractivity contribution in [3.63, 3.8) is 0 Å². The molecule has 0 aliphatic heterocycles. The maximum atomic E-state index is 13.0. The average Bonchev–Trinajstić information content (AvgIpc) is 2.24. The summed E-state index contributed by atoms with van der Waals surface area (Å²) >= 11 is 5.73. The molecule has 0 radical (unpaired) electrons. The summed E-state index contributed by atoms with van der Waals surface area (Å²) in [5, 5.41) is 3.30. The molecule has 2 nitrogen and oxygen atoms in total. The first-order valence-corrected chi connectivity index (χ1v) is 5.30. The molecular weight excluding hydrogens is 215 g/mol. The van der Waals surface area contributed by atoms with Crippen molar-refractivity contribution in [2.24, 2.45) is 11.7 Å². The van der Waals surface area contributed by atoms with Gasteiger partial charge in [-0.1, -0.05) is 24.6 Å². The molecule has 3 N–H and O–H groups in total. The van der Waals surface area contributed by atoms with Crippen molar-refractivity contribution in [2.45, 2.75) is 13.0 Å². The van der Waals surface area contributed by atoms with Crippen molar-refractivity contribution < 1.29 is 4.39 Å². The standard InChI is InChI=1S/C11H16ClFN2/c1-7(6-14)11(15-2)8-3-4-10(13)9(12)5-8/h3-5,7,11,15H,6,14H2,1-2H3. The van der Waals surface area contributed by atoms with E-state index in [9.17, 15) is 4.39 Å². The predicted octanol–water partition coefficient (Wildman–Crippen LogP) is 2.33. The minimum atomic E-state index is -0.393. The summed E-state index contributed by atoms with van der Waals surface area (Å²) in [6.07, 6.45) is 0. The van der Waals surface area contributed by atoms with Crippen LogP contribution in [0, 0.1) is 11.7 Å². The summed E-state index contributed by atoms with van der Waals surface area (Å²) in [5.74, 6) is -0.118. The number of benzene rings is 1. The quantitative estimate of drug-likeness (QED) is 0.833. The van der Waals surface area contributed by atoms with Crippen LogP contribution in [-0.4, -0.2) is 13.6 Å². The van der Waals surface area contributed by atoms with Crippen LogP contribution in [0.1, 0.15) is 18.5 Å². The number of nitrogens with one attached hydrogen (secondary N) is 1. The maximum Gasteiger partial charge on any atom is 0.141 e. The van der Waals surface area contributed by atoms with Crippen LogP contribution >= 0.6 is 11.6 Å². The number of hydrogen-bond donors (Lipinski definition) is 2. The highest BCUT2D eigenvalue weighted by Gasteiger charge is 2.17. The van der Waals surface area contributed by atoms with Crippen LogP contribution in [0.4, 0.5) is 4.39 Å². The predicted molar refractivity (Wildman–Crippen MR) is 61.4 cm³/mol. The Morgan fingerprint density at radius 1 is 1.53 bits per heavy atom. The van der Waals surface area contributed by atoms with Gasteiger partial charge in [0.25, 0.3) is 0 Å². The van der Waals surface area contributed by atoms with Crippen LogP contribution in [0.25, 0.3) is 0 Å². The van der Waals surface area contributed by atoms with Crippen molar-refractivity contribution in [1.29, 1.82) is 0 Å². The van der Waals surface area contributed by atoms with Gasteiger partial charge in [-0.15, -0.1) is 0 Å². The van der Waals surface area contributed by atoms with E-state index in [4.69, 9.17) is 17.3 Å². The second-order valence-corrected chi connectivity index (χ2v) is 4.06. The lowest BCUT2D eigenvalue weighted by atomic mass is 9.95. The highest BCUT2D eigenvalue weighted by atomic mass is 35.5. The lowest BCUT2D eigenvalue weighted by Gasteiger charge is -2.22. The van der Waals surface area contributed by atoms with Crippen LogP contribution in [0.3, 0.4) is 0 Å². The Kier molecular flexibility index (Phi) is 4.51. The Bertz CT molecular complexity index is 330. The molecule has 0 bridgehead atoms. The van der Waals surface area contributed by atoms with Gasteiger partial charge in [-0.2, -0.15) is 0 Å². The van der Waals surface area contributed by atoms with Gasteiger partial charge in [0.2, 0.25) is 0 Å². The van der Waals surface area contributed by atoms with Crippen LogP contribution in [0.2, 0.25) is 5.02 Å². The molecule has 0 fully saturated rings. The molecule has 4 heteroatoms. The van der Waals surface area contributed by atoms with Crippen LogP contribution in [-0.2, 0) is 0 Å². The third kappa shape index (κ3) is 2.91. The van der Waals surface area contributed by atoms with E-state index in [0.717, 1.165) is 5.56 Å². The third-order valence-corrected chi connectivity index (χ3v) is 2.84. The smallest absolute Gasteiger partial charge is 0.141 e. The maximum absolute atomic E-state index is 13.0. The number of rotatable bonds is 4. The molecule has 1 rings (SSSR count). The fourth-order valence-electron chi connectivity index (χ4n) is 1.62. The summed E-state index contributed by atoms with van der Waals surface area (Å²) in [5.41, 5.74) is 6.57. The van der Waals surface area contributed by atoms with Gasteiger partial charge in [-0.25, -0.2) is 4.39 Å². The number of nitrogens with two attached hydrogens (primary N) is 1. The van der Waals surface area contributed by atoms with Gasteiger partial charge in [-0.05, 0) is 37.2 Å². The van der Waals surface area contributed by atoms with Gasteiger partial charge >= 0.3 is 0 Å². The topological polar surface area (TPSA) is 38.0 Å². The minimum absolute atomic E-state index is 0.105. The molecule has 0 aliphatic rings. The fraction of sp³-hybridized carbons (Fsp3) is 0.455. The molecule has 1 aromatic carbocycles. The van der Waals surface area contributed by atoms with E-state index in [1.807, 2.05) is 14.0 Å². The zero-order valence-corrected chi connectivity index (χ0v) is 9.68. The molecule has 15 heavy (non-hydrogen) atoms.